The van der Waals surface area contributed by atoms with E-state index in [9.17, 15) is 0 Å². The van der Waals surface area contributed by atoms with Crippen LogP contribution in [-0.4, -0.2) is 36.2 Å². The van der Waals surface area contributed by atoms with Crippen LogP contribution < -0.4 is 10.1 Å². The predicted molar refractivity (Wildman–Crippen MR) is 86.7 cm³/mol. The summed E-state index contributed by atoms with van der Waals surface area (Å²) in [5, 5.41) is 3.63. The quantitative estimate of drug-likeness (QED) is 0.834. The SMILES string of the molecule is CC(C)Oc1cccc(CN(CC2CCCN2)C2CC2)c1. The van der Waals surface area contributed by atoms with Crippen molar-refractivity contribution in [1.82, 2.24) is 10.2 Å². The first-order valence-corrected chi connectivity index (χ1v) is 8.44. The molecule has 0 aromatic heterocycles. The van der Waals surface area contributed by atoms with Crippen LogP contribution in [0.4, 0.5) is 0 Å². The zero-order chi connectivity index (χ0) is 14.7. The van der Waals surface area contributed by atoms with Gasteiger partial charge in [-0.1, -0.05) is 12.1 Å². The second-order valence-electron chi connectivity index (χ2n) is 6.77. The Labute approximate surface area is 128 Å². The monoisotopic (exact) mass is 288 g/mol. The van der Waals surface area contributed by atoms with Crippen LogP contribution in [0.15, 0.2) is 24.3 Å². The Hall–Kier alpha value is -1.06. The molecule has 0 bridgehead atoms. The smallest absolute Gasteiger partial charge is 0.120 e. The van der Waals surface area contributed by atoms with Gasteiger partial charge < -0.3 is 10.1 Å². The van der Waals surface area contributed by atoms with Crippen molar-refractivity contribution in [3.05, 3.63) is 29.8 Å². The number of hydrogen-bond donors (Lipinski definition) is 1. The Kier molecular flexibility index (Phi) is 4.81. The zero-order valence-electron chi connectivity index (χ0n) is 13.3. The molecule has 1 aliphatic heterocycles. The summed E-state index contributed by atoms with van der Waals surface area (Å²) in [6.07, 6.45) is 5.65. The summed E-state index contributed by atoms with van der Waals surface area (Å²) < 4.78 is 5.82. The van der Waals surface area contributed by atoms with Gasteiger partial charge in [-0.15, -0.1) is 0 Å². The maximum absolute atomic E-state index is 5.82. The third kappa shape index (κ3) is 4.45. The molecule has 2 fully saturated rings. The summed E-state index contributed by atoms with van der Waals surface area (Å²) in [5.41, 5.74) is 1.37. The minimum absolute atomic E-state index is 0.238. The van der Waals surface area contributed by atoms with E-state index in [1.54, 1.807) is 0 Å². The van der Waals surface area contributed by atoms with E-state index in [1.165, 1.54) is 44.3 Å². The zero-order valence-corrected chi connectivity index (χ0v) is 13.3. The van der Waals surface area contributed by atoms with Crippen LogP contribution in [0.3, 0.4) is 0 Å². The van der Waals surface area contributed by atoms with E-state index >= 15 is 0 Å². The van der Waals surface area contributed by atoms with E-state index in [1.807, 2.05) is 0 Å². The van der Waals surface area contributed by atoms with Crippen molar-refractivity contribution >= 4 is 0 Å². The minimum atomic E-state index is 0.238. The second-order valence-corrected chi connectivity index (χ2v) is 6.77. The van der Waals surface area contributed by atoms with Crippen molar-refractivity contribution < 1.29 is 4.74 Å². The van der Waals surface area contributed by atoms with Crippen LogP contribution in [0.25, 0.3) is 0 Å². The summed E-state index contributed by atoms with van der Waals surface area (Å²) in [5.74, 6) is 0.997. The van der Waals surface area contributed by atoms with Crippen molar-refractivity contribution in [1.29, 1.82) is 0 Å². The van der Waals surface area contributed by atoms with Gasteiger partial charge in [-0.3, -0.25) is 4.90 Å². The normalized spacial score (nSPS) is 22.2. The van der Waals surface area contributed by atoms with Gasteiger partial charge in [0.1, 0.15) is 5.75 Å². The van der Waals surface area contributed by atoms with Crippen LogP contribution in [0.2, 0.25) is 0 Å². The number of hydrogen-bond acceptors (Lipinski definition) is 3. The average Bonchev–Trinajstić information content (AvgIpc) is 3.16. The summed E-state index contributed by atoms with van der Waals surface area (Å²) in [6, 6.07) is 10.1. The molecule has 3 heteroatoms. The number of benzene rings is 1. The fraction of sp³-hybridized carbons (Fsp3) is 0.667. The van der Waals surface area contributed by atoms with Crippen molar-refractivity contribution in [2.24, 2.45) is 0 Å². The maximum Gasteiger partial charge on any atom is 0.120 e. The van der Waals surface area contributed by atoms with Gasteiger partial charge in [0.2, 0.25) is 0 Å². The average molecular weight is 288 g/mol. The number of ether oxygens (including phenoxy) is 1. The molecule has 1 unspecified atom stereocenters. The van der Waals surface area contributed by atoms with E-state index in [0.717, 1.165) is 18.3 Å². The lowest BCUT2D eigenvalue weighted by atomic mass is 10.1. The Morgan fingerprint density at radius 2 is 2.14 bits per heavy atom. The highest BCUT2D eigenvalue weighted by molar-refractivity contribution is 5.28. The molecule has 116 valence electrons. The molecule has 2 aliphatic rings. The van der Waals surface area contributed by atoms with Gasteiger partial charge in [-0.2, -0.15) is 0 Å². The van der Waals surface area contributed by atoms with Crippen molar-refractivity contribution in [2.45, 2.75) is 64.3 Å². The predicted octanol–water partition coefficient (Wildman–Crippen LogP) is 3.19. The number of rotatable bonds is 7. The molecule has 0 spiro atoms. The fourth-order valence-electron chi connectivity index (χ4n) is 3.20. The molecule has 1 aliphatic carbocycles. The highest BCUT2D eigenvalue weighted by atomic mass is 16.5. The van der Waals surface area contributed by atoms with Crippen LogP contribution in [0.5, 0.6) is 5.75 Å². The summed E-state index contributed by atoms with van der Waals surface area (Å²) in [7, 11) is 0. The molecule has 21 heavy (non-hydrogen) atoms. The van der Waals surface area contributed by atoms with E-state index in [4.69, 9.17) is 4.74 Å². The summed E-state index contributed by atoms with van der Waals surface area (Å²) >= 11 is 0. The Bertz CT molecular complexity index is 450. The first-order valence-electron chi connectivity index (χ1n) is 8.44. The molecular weight excluding hydrogens is 260 g/mol. The van der Waals surface area contributed by atoms with Crippen molar-refractivity contribution in [3.8, 4) is 5.75 Å². The molecule has 0 radical (unpaired) electrons. The molecule has 1 aromatic carbocycles. The molecule has 1 heterocycles. The van der Waals surface area contributed by atoms with Crippen LogP contribution in [0.1, 0.15) is 45.1 Å². The van der Waals surface area contributed by atoms with Crippen LogP contribution in [0, 0.1) is 0 Å². The van der Waals surface area contributed by atoms with Crippen LogP contribution in [-0.2, 0) is 6.54 Å². The largest absolute Gasteiger partial charge is 0.491 e. The lowest BCUT2D eigenvalue weighted by molar-refractivity contribution is 0.228. The van der Waals surface area contributed by atoms with E-state index in [0.29, 0.717) is 6.04 Å². The molecule has 1 aromatic rings. The first kappa shape index (κ1) is 14.9. The van der Waals surface area contributed by atoms with Crippen molar-refractivity contribution in [3.63, 3.8) is 0 Å². The van der Waals surface area contributed by atoms with Gasteiger partial charge in [-0.25, -0.2) is 0 Å². The highest BCUT2D eigenvalue weighted by Gasteiger charge is 2.31. The van der Waals surface area contributed by atoms with E-state index in [2.05, 4.69) is 48.3 Å². The molecule has 1 N–H and O–H groups in total. The standard InChI is InChI=1S/C18H28N2O/c1-14(2)21-18-7-3-5-15(11-18)12-20(17-8-9-17)13-16-6-4-10-19-16/h3,5,7,11,14,16-17,19H,4,6,8-10,12-13H2,1-2H3. The molecule has 1 saturated heterocycles. The number of nitrogens with zero attached hydrogens (tertiary/aromatic N) is 1. The topological polar surface area (TPSA) is 24.5 Å². The van der Waals surface area contributed by atoms with Gasteiger partial charge in [-0.05, 0) is 63.8 Å². The van der Waals surface area contributed by atoms with Gasteiger partial charge in [0.25, 0.3) is 0 Å². The number of nitrogens with one attached hydrogen (secondary N) is 1. The van der Waals surface area contributed by atoms with Gasteiger partial charge in [0, 0.05) is 25.2 Å². The molecule has 3 rings (SSSR count). The Morgan fingerprint density at radius 1 is 1.29 bits per heavy atom. The Morgan fingerprint density at radius 3 is 2.81 bits per heavy atom. The third-order valence-corrected chi connectivity index (χ3v) is 4.34. The van der Waals surface area contributed by atoms with E-state index in [-0.39, 0.29) is 6.10 Å². The maximum atomic E-state index is 5.82. The molecular formula is C18H28N2O. The first-order chi connectivity index (χ1) is 10.2. The molecule has 0 amide bonds. The fourth-order valence-corrected chi connectivity index (χ4v) is 3.20. The lowest BCUT2D eigenvalue weighted by Crippen LogP contribution is -2.38. The van der Waals surface area contributed by atoms with Crippen LogP contribution >= 0.6 is 0 Å². The summed E-state index contributed by atoms with van der Waals surface area (Å²) in [4.78, 5) is 2.66. The third-order valence-electron chi connectivity index (χ3n) is 4.34. The van der Waals surface area contributed by atoms with Crippen molar-refractivity contribution in [2.75, 3.05) is 13.1 Å². The van der Waals surface area contributed by atoms with Gasteiger partial charge in [0.05, 0.1) is 6.10 Å². The Balaban J connectivity index is 1.61. The highest BCUT2D eigenvalue weighted by Crippen LogP contribution is 2.29. The molecule has 1 atom stereocenters. The van der Waals surface area contributed by atoms with Gasteiger partial charge in [0.15, 0.2) is 0 Å². The minimum Gasteiger partial charge on any atom is -0.491 e. The second kappa shape index (κ2) is 6.80. The lowest BCUT2D eigenvalue weighted by Gasteiger charge is -2.26. The summed E-state index contributed by atoms with van der Waals surface area (Å²) in [6.45, 7) is 7.60. The molecule has 1 saturated carbocycles. The molecule has 3 nitrogen and oxygen atoms in total. The van der Waals surface area contributed by atoms with Gasteiger partial charge >= 0.3 is 0 Å². The van der Waals surface area contributed by atoms with E-state index < -0.39 is 0 Å².